The number of benzene rings is 1. The number of carbonyl (C=O) groups is 1. The third-order valence-electron chi connectivity index (χ3n) is 1.71. The standard InChI is InChI=1S/C9H10ClFN2O/c1-13(6-14)12-5-7-3-2-4-8(11)9(7)10/h2-4,6,12H,5H2,1H3. The molecule has 0 aromatic heterocycles. The Bertz CT molecular complexity index is 333. The minimum absolute atomic E-state index is 0.0827. The molecule has 3 nitrogen and oxygen atoms in total. The quantitative estimate of drug-likeness (QED) is 0.612. The molecule has 0 fully saturated rings. The Morgan fingerprint density at radius 1 is 1.64 bits per heavy atom. The van der Waals surface area contributed by atoms with Gasteiger partial charge in [-0.3, -0.25) is 9.80 Å². The molecule has 14 heavy (non-hydrogen) atoms. The highest BCUT2D eigenvalue weighted by atomic mass is 35.5. The molecule has 0 heterocycles. The third-order valence-corrected chi connectivity index (χ3v) is 2.13. The molecule has 1 aromatic rings. The molecule has 0 aliphatic rings. The Hall–Kier alpha value is -1.13. The summed E-state index contributed by atoms with van der Waals surface area (Å²) in [6.07, 6.45) is 0.618. The molecular formula is C9H10ClFN2O. The summed E-state index contributed by atoms with van der Waals surface area (Å²) in [5.41, 5.74) is 3.34. The van der Waals surface area contributed by atoms with Gasteiger partial charge in [0.25, 0.3) is 0 Å². The lowest BCUT2D eigenvalue weighted by Gasteiger charge is -2.13. The maximum absolute atomic E-state index is 12.9. The van der Waals surface area contributed by atoms with Crippen molar-refractivity contribution in [1.82, 2.24) is 10.4 Å². The number of carbonyl (C=O) groups excluding carboxylic acids is 1. The lowest BCUT2D eigenvalue weighted by atomic mass is 10.2. The van der Waals surface area contributed by atoms with Gasteiger partial charge >= 0.3 is 0 Å². The monoisotopic (exact) mass is 216 g/mol. The normalized spacial score (nSPS) is 9.93. The van der Waals surface area contributed by atoms with Crippen LogP contribution in [0.1, 0.15) is 5.56 Å². The summed E-state index contributed by atoms with van der Waals surface area (Å²) in [6.45, 7) is 0.311. The number of rotatable bonds is 4. The van der Waals surface area contributed by atoms with Crippen LogP contribution in [-0.4, -0.2) is 18.5 Å². The van der Waals surface area contributed by atoms with Gasteiger partial charge in [0.2, 0.25) is 6.41 Å². The van der Waals surface area contributed by atoms with E-state index in [9.17, 15) is 9.18 Å². The van der Waals surface area contributed by atoms with Crippen molar-refractivity contribution in [3.05, 3.63) is 34.6 Å². The highest BCUT2D eigenvalue weighted by molar-refractivity contribution is 6.31. The van der Waals surface area contributed by atoms with Gasteiger partial charge in [0, 0.05) is 13.6 Å². The molecule has 5 heteroatoms. The first-order valence-corrected chi connectivity index (χ1v) is 4.37. The summed E-state index contributed by atoms with van der Waals surface area (Å²) < 4.78 is 12.9. The molecule has 0 unspecified atom stereocenters. The second-order valence-corrected chi connectivity index (χ2v) is 3.14. The zero-order valence-electron chi connectivity index (χ0n) is 7.63. The van der Waals surface area contributed by atoms with Crippen LogP contribution in [0.2, 0.25) is 5.02 Å². The maximum Gasteiger partial charge on any atom is 0.223 e. The van der Waals surface area contributed by atoms with Crippen molar-refractivity contribution in [3.8, 4) is 0 Å². The van der Waals surface area contributed by atoms with E-state index in [1.54, 1.807) is 19.2 Å². The highest BCUT2D eigenvalue weighted by Crippen LogP contribution is 2.19. The zero-order valence-corrected chi connectivity index (χ0v) is 8.38. The van der Waals surface area contributed by atoms with Gasteiger partial charge in [0.15, 0.2) is 0 Å². The van der Waals surface area contributed by atoms with Crippen LogP contribution in [0.3, 0.4) is 0 Å². The fourth-order valence-electron chi connectivity index (χ4n) is 0.932. The van der Waals surface area contributed by atoms with Crippen molar-refractivity contribution in [2.45, 2.75) is 6.54 Å². The Morgan fingerprint density at radius 2 is 2.36 bits per heavy atom. The van der Waals surface area contributed by atoms with Crippen molar-refractivity contribution >= 4 is 18.0 Å². The molecule has 0 atom stereocenters. The minimum atomic E-state index is -0.459. The molecule has 0 saturated heterocycles. The van der Waals surface area contributed by atoms with E-state index in [2.05, 4.69) is 5.43 Å². The predicted octanol–water partition coefficient (Wildman–Crippen LogP) is 1.57. The van der Waals surface area contributed by atoms with Crippen LogP contribution < -0.4 is 5.43 Å². The largest absolute Gasteiger partial charge is 0.283 e. The summed E-state index contributed by atoms with van der Waals surface area (Å²) in [7, 11) is 1.56. The summed E-state index contributed by atoms with van der Waals surface area (Å²) in [5.74, 6) is -0.459. The third kappa shape index (κ3) is 2.68. The molecule has 0 aliphatic heterocycles. The Kier molecular flexibility index (Phi) is 3.85. The van der Waals surface area contributed by atoms with Gasteiger partial charge < -0.3 is 0 Å². The number of nitrogens with zero attached hydrogens (tertiary/aromatic N) is 1. The van der Waals surface area contributed by atoms with Crippen molar-refractivity contribution in [2.75, 3.05) is 7.05 Å². The van der Waals surface area contributed by atoms with Gasteiger partial charge in [0.05, 0.1) is 5.02 Å². The second kappa shape index (κ2) is 4.93. The number of nitrogens with one attached hydrogen (secondary N) is 1. The first kappa shape index (κ1) is 10.9. The van der Waals surface area contributed by atoms with E-state index in [1.165, 1.54) is 11.1 Å². The van der Waals surface area contributed by atoms with Crippen molar-refractivity contribution < 1.29 is 9.18 Å². The van der Waals surface area contributed by atoms with E-state index in [0.717, 1.165) is 0 Å². The average Bonchev–Trinajstić information content (AvgIpc) is 2.20. The van der Waals surface area contributed by atoms with Gasteiger partial charge in [-0.15, -0.1) is 0 Å². The molecule has 1 rings (SSSR count). The minimum Gasteiger partial charge on any atom is -0.283 e. The zero-order chi connectivity index (χ0) is 10.6. The van der Waals surface area contributed by atoms with Crippen LogP contribution in [0.5, 0.6) is 0 Å². The summed E-state index contributed by atoms with van der Waals surface area (Å²) in [4.78, 5) is 10.2. The lowest BCUT2D eigenvalue weighted by Crippen LogP contribution is -2.32. The predicted molar refractivity (Wildman–Crippen MR) is 52.1 cm³/mol. The molecule has 0 aliphatic carbocycles. The summed E-state index contributed by atoms with van der Waals surface area (Å²) >= 11 is 5.70. The van der Waals surface area contributed by atoms with E-state index >= 15 is 0 Å². The van der Waals surface area contributed by atoms with Crippen molar-refractivity contribution in [1.29, 1.82) is 0 Å². The molecule has 1 N–H and O–H groups in total. The number of hydrazine groups is 1. The van der Waals surface area contributed by atoms with Crippen molar-refractivity contribution in [3.63, 3.8) is 0 Å². The number of amides is 1. The fourth-order valence-corrected chi connectivity index (χ4v) is 1.12. The molecular weight excluding hydrogens is 207 g/mol. The van der Waals surface area contributed by atoms with E-state index in [0.29, 0.717) is 18.5 Å². The van der Waals surface area contributed by atoms with Gasteiger partial charge in [-0.25, -0.2) is 9.82 Å². The topological polar surface area (TPSA) is 32.3 Å². The summed E-state index contributed by atoms with van der Waals surface area (Å²) in [5, 5.41) is 1.32. The lowest BCUT2D eigenvalue weighted by molar-refractivity contribution is -0.119. The highest BCUT2D eigenvalue weighted by Gasteiger charge is 2.05. The van der Waals surface area contributed by atoms with Crippen LogP contribution in [-0.2, 0) is 11.3 Å². The smallest absolute Gasteiger partial charge is 0.223 e. The van der Waals surface area contributed by atoms with Crippen LogP contribution >= 0.6 is 11.6 Å². The van der Waals surface area contributed by atoms with E-state index in [4.69, 9.17) is 11.6 Å². The van der Waals surface area contributed by atoms with E-state index < -0.39 is 5.82 Å². The Morgan fingerprint density at radius 3 is 3.00 bits per heavy atom. The van der Waals surface area contributed by atoms with Gasteiger partial charge in [0.1, 0.15) is 5.82 Å². The average molecular weight is 217 g/mol. The molecule has 0 bridgehead atoms. The first-order chi connectivity index (χ1) is 6.65. The molecule has 1 aromatic carbocycles. The SMILES string of the molecule is CN(C=O)NCc1cccc(F)c1Cl. The maximum atomic E-state index is 12.9. The fraction of sp³-hybridized carbons (Fsp3) is 0.222. The van der Waals surface area contributed by atoms with Crippen LogP contribution in [0.15, 0.2) is 18.2 Å². The number of hydrogen-bond acceptors (Lipinski definition) is 2. The van der Waals surface area contributed by atoms with Gasteiger partial charge in [-0.1, -0.05) is 23.7 Å². The van der Waals surface area contributed by atoms with Gasteiger partial charge in [-0.2, -0.15) is 0 Å². The van der Waals surface area contributed by atoms with Gasteiger partial charge in [-0.05, 0) is 11.6 Å². The van der Waals surface area contributed by atoms with Crippen molar-refractivity contribution in [2.24, 2.45) is 0 Å². The molecule has 76 valence electrons. The molecule has 0 saturated carbocycles. The first-order valence-electron chi connectivity index (χ1n) is 3.99. The Labute approximate surface area is 86.4 Å². The molecule has 0 radical (unpaired) electrons. The number of halogens is 2. The van der Waals surface area contributed by atoms with Crippen LogP contribution in [0.4, 0.5) is 4.39 Å². The van der Waals surface area contributed by atoms with Crippen LogP contribution in [0.25, 0.3) is 0 Å². The van der Waals surface area contributed by atoms with Crippen LogP contribution in [0, 0.1) is 5.82 Å². The summed E-state index contributed by atoms with van der Waals surface area (Å²) in [6, 6.07) is 4.55. The molecule has 1 amide bonds. The number of hydrogen-bond donors (Lipinski definition) is 1. The van der Waals surface area contributed by atoms with E-state index in [-0.39, 0.29) is 5.02 Å². The Balaban J connectivity index is 2.67. The molecule has 0 spiro atoms. The van der Waals surface area contributed by atoms with E-state index in [1.807, 2.05) is 0 Å². The second-order valence-electron chi connectivity index (χ2n) is 2.76.